The van der Waals surface area contributed by atoms with Gasteiger partial charge in [-0.2, -0.15) is 0 Å². The zero-order valence-corrected chi connectivity index (χ0v) is 26.9. The lowest BCUT2D eigenvalue weighted by Gasteiger charge is -2.35. The summed E-state index contributed by atoms with van der Waals surface area (Å²) in [4.78, 5) is 9.01. The number of hydrogen-bond donors (Lipinski definition) is 0. The molecule has 0 spiro atoms. The highest BCUT2D eigenvalue weighted by atomic mass is 16.5. The summed E-state index contributed by atoms with van der Waals surface area (Å²) in [6.07, 6.45) is 4.28. The maximum atomic E-state index is 6.23. The normalized spacial score (nSPS) is 13.7. The molecule has 0 unspecified atom stereocenters. The Morgan fingerprint density at radius 1 is 0.260 bits per heavy atom. The van der Waals surface area contributed by atoms with Gasteiger partial charge >= 0.3 is 0 Å². The Balaban J connectivity index is 0.964. The molecule has 0 saturated carbocycles. The fourth-order valence-corrected chi connectivity index (χ4v) is 7.11. The summed E-state index contributed by atoms with van der Waals surface area (Å²) in [7, 11) is 0. The Morgan fingerprint density at radius 2 is 0.520 bits per heavy atom. The van der Waals surface area contributed by atoms with Crippen LogP contribution in [0.5, 0.6) is 23.0 Å². The third-order valence-corrected chi connectivity index (χ3v) is 9.40. The van der Waals surface area contributed by atoms with Crippen LogP contribution in [0, 0.1) is 0 Å². The molecule has 0 aromatic heterocycles. The van der Waals surface area contributed by atoms with Crippen molar-refractivity contribution in [3.8, 4) is 23.0 Å². The largest absolute Gasteiger partial charge is 0.453 e. The molecule has 0 bridgehead atoms. The molecule has 50 heavy (non-hydrogen) atoms. The van der Waals surface area contributed by atoms with Crippen LogP contribution >= 0.6 is 0 Å². The third-order valence-electron chi connectivity index (χ3n) is 9.40. The third kappa shape index (κ3) is 4.50. The van der Waals surface area contributed by atoms with E-state index in [1.165, 1.54) is 0 Å². The number of hydrogen-bond acceptors (Lipinski definition) is 6. The van der Waals surface area contributed by atoms with Gasteiger partial charge in [0, 0.05) is 35.1 Å². The van der Waals surface area contributed by atoms with Crippen LogP contribution < -0.4 is 29.1 Å². The predicted molar refractivity (Wildman–Crippen MR) is 202 cm³/mol. The van der Waals surface area contributed by atoms with Gasteiger partial charge in [-0.15, -0.1) is 0 Å². The molecule has 10 rings (SSSR count). The van der Waals surface area contributed by atoms with Crippen LogP contribution in [0.2, 0.25) is 0 Å². The van der Waals surface area contributed by atoms with Gasteiger partial charge < -0.3 is 29.1 Å². The molecule has 7 aromatic rings. The van der Waals surface area contributed by atoms with Crippen LogP contribution in [0.15, 0.2) is 182 Å². The van der Waals surface area contributed by atoms with Crippen molar-refractivity contribution in [3.05, 3.63) is 182 Å². The molecule has 0 saturated heterocycles. The van der Waals surface area contributed by atoms with Crippen LogP contribution in [-0.4, -0.2) is 0 Å². The van der Waals surface area contributed by atoms with E-state index in [0.717, 1.165) is 79.9 Å². The van der Waals surface area contributed by atoms with Crippen LogP contribution in [0.1, 0.15) is 0 Å². The van der Waals surface area contributed by atoms with E-state index in [1.54, 1.807) is 0 Å². The van der Waals surface area contributed by atoms with E-state index in [9.17, 15) is 0 Å². The number of rotatable bonds is 4. The van der Waals surface area contributed by atoms with E-state index < -0.39 is 0 Å². The molecule has 3 aliphatic rings. The fraction of sp³-hybridized carbons (Fsp3) is 0. The average molecular weight is 647 g/mol. The second kappa shape index (κ2) is 11.4. The summed E-state index contributed by atoms with van der Waals surface area (Å²) in [5.41, 5.74) is 10.6. The Labute approximate surface area is 290 Å². The molecule has 6 nitrogen and oxygen atoms in total. The number of benzene rings is 7. The SMILES string of the molecule is C1=CN(c2ccc(N3c4ccccc4Oc4ccccc43)cc2)c2ccccc2N1c1ccc(N2c3ccccc3Oc3ccccc32)cc1. The van der Waals surface area contributed by atoms with Gasteiger partial charge in [-0.05, 0) is 109 Å². The van der Waals surface area contributed by atoms with Gasteiger partial charge in [0.05, 0.1) is 34.1 Å². The Kier molecular flexibility index (Phi) is 6.39. The van der Waals surface area contributed by atoms with Crippen molar-refractivity contribution in [1.29, 1.82) is 0 Å². The number of nitrogens with zero attached hydrogens (tertiary/aromatic N) is 4. The van der Waals surface area contributed by atoms with Gasteiger partial charge in [0.25, 0.3) is 0 Å². The van der Waals surface area contributed by atoms with E-state index in [0.29, 0.717) is 0 Å². The second-order valence-corrected chi connectivity index (χ2v) is 12.3. The van der Waals surface area contributed by atoms with Crippen molar-refractivity contribution in [3.63, 3.8) is 0 Å². The van der Waals surface area contributed by atoms with Crippen molar-refractivity contribution < 1.29 is 9.47 Å². The zero-order chi connectivity index (χ0) is 33.0. The van der Waals surface area contributed by atoms with Gasteiger partial charge in [-0.25, -0.2) is 0 Å². The van der Waals surface area contributed by atoms with E-state index in [4.69, 9.17) is 9.47 Å². The molecule has 7 aromatic carbocycles. The minimum atomic E-state index is 0.843. The predicted octanol–water partition coefficient (Wildman–Crippen LogP) is 12.6. The average Bonchev–Trinajstić information content (AvgIpc) is 3.19. The smallest absolute Gasteiger partial charge is 0.151 e. The highest BCUT2D eigenvalue weighted by Crippen LogP contribution is 2.52. The summed E-state index contributed by atoms with van der Waals surface area (Å²) in [6, 6.07) is 58.7. The quantitative estimate of drug-likeness (QED) is 0.189. The van der Waals surface area contributed by atoms with Gasteiger partial charge in [0.1, 0.15) is 0 Å². The van der Waals surface area contributed by atoms with Crippen molar-refractivity contribution in [2.24, 2.45) is 0 Å². The molecular weight excluding hydrogens is 617 g/mol. The standard InChI is InChI=1S/C44H30N4O2/c1-2-12-36-35(11-1)45(31-21-25-33(26-22-31)47-37-13-3-7-17-41(37)49-42-18-8-4-14-38(42)47)29-30-46(36)32-23-27-34(28-24-32)48-39-15-5-9-19-43(39)50-44-20-10-6-16-40(44)48/h1-30H. The Morgan fingerprint density at radius 3 is 0.840 bits per heavy atom. The summed E-state index contributed by atoms with van der Waals surface area (Å²) >= 11 is 0. The topological polar surface area (TPSA) is 31.4 Å². The first-order valence-electron chi connectivity index (χ1n) is 16.7. The van der Waals surface area contributed by atoms with Crippen molar-refractivity contribution in [2.75, 3.05) is 19.6 Å². The summed E-state index contributed by atoms with van der Waals surface area (Å²) in [6.45, 7) is 0. The Bertz CT molecular complexity index is 2160. The summed E-state index contributed by atoms with van der Waals surface area (Å²) < 4.78 is 12.5. The Hall–Kier alpha value is -6.92. The molecule has 0 fully saturated rings. The lowest BCUT2D eigenvalue weighted by Crippen LogP contribution is -2.21. The van der Waals surface area contributed by atoms with Gasteiger partial charge in [0.2, 0.25) is 0 Å². The molecular formula is C44H30N4O2. The van der Waals surface area contributed by atoms with E-state index in [2.05, 4.69) is 129 Å². The van der Waals surface area contributed by atoms with Crippen LogP contribution in [0.4, 0.5) is 56.9 Å². The lowest BCUT2D eigenvalue weighted by atomic mass is 10.1. The van der Waals surface area contributed by atoms with E-state index >= 15 is 0 Å². The number of ether oxygens (including phenoxy) is 2. The molecule has 3 aliphatic heterocycles. The van der Waals surface area contributed by atoms with Crippen LogP contribution in [0.3, 0.4) is 0 Å². The first kappa shape index (κ1) is 28.1. The molecule has 238 valence electrons. The lowest BCUT2D eigenvalue weighted by molar-refractivity contribution is 0.477. The van der Waals surface area contributed by atoms with Crippen molar-refractivity contribution >= 4 is 56.9 Å². The first-order chi connectivity index (χ1) is 24.8. The molecule has 0 atom stereocenters. The molecule has 0 aliphatic carbocycles. The van der Waals surface area contributed by atoms with Crippen molar-refractivity contribution in [2.45, 2.75) is 0 Å². The van der Waals surface area contributed by atoms with E-state index in [1.807, 2.05) is 72.8 Å². The van der Waals surface area contributed by atoms with Crippen LogP contribution in [-0.2, 0) is 0 Å². The van der Waals surface area contributed by atoms with Crippen molar-refractivity contribution in [1.82, 2.24) is 0 Å². The molecule has 0 N–H and O–H groups in total. The van der Waals surface area contributed by atoms with Gasteiger partial charge in [-0.3, -0.25) is 0 Å². The molecule has 0 radical (unpaired) electrons. The number of fused-ring (bicyclic) bond motifs is 5. The highest BCUT2D eigenvalue weighted by Gasteiger charge is 2.28. The van der Waals surface area contributed by atoms with Crippen LogP contribution in [0.25, 0.3) is 0 Å². The number of anilines is 10. The molecule has 6 heteroatoms. The maximum absolute atomic E-state index is 6.23. The zero-order valence-electron chi connectivity index (χ0n) is 26.9. The minimum Gasteiger partial charge on any atom is -0.453 e. The van der Waals surface area contributed by atoms with Gasteiger partial charge in [0.15, 0.2) is 23.0 Å². The number of para-hydroxylation sites is 10. The second-order valence-electron chi connectivity index (χ2n) is 12.3. The highest BCUT2D eigenvalue weighted by molar-refractivity contribution is 5.90. The maximum Gasteiger partial charge on any atom is 0.151 e. The minimum absolute atomic E-state index is 0.843. The fourth-order valence-electron chi connectivity index (χ4n) is 7.11. The van der Waals surface area contributed by atoms with E-state index in [-0.39, 0.29) is 0 Å². The first-order valence-corrected chi connectivity index (χ1v) is 16.7. The summed E-state index contributed by atoms with van der Waals surface area (Å²) in [5.74, 6) is 3.37. The van der Waals surface area contributed by atoms with Gasteiger partial charge in [-0.1, -0.05) is 60.7 Å². The monoisotopic (exact) mass is 646 g/mol. The summed E-state index contributed by atoms with van der Waals surface area (Å²) in [5, 5.41) is 0. The molecule has 3 heterocycles. The molecule has 0 amide bonds.